The Morgan fingerprint density at radius 3 is 2.50 bits per heavy atom. The molecule has 2 saturated heterocycles. The number of hydrogen-bond acceptors (Lipinski definition) is 4. The topological polar surface area (TPSA) is 49.3 Å². The Morgan fingerprint density at radius 2 is 1.90 bits per heavy atom. The maximum Gasteiger partial charge on any atom is 0.225 e. The lowest BCUT2D eigenvalue weighted by molar-refractivity contribution is -0.131. The lowest BCUT2D eigenvalue weighted by atomic mass is 10.0. The Kier molecular flexibility index (Phi) is 2.69. The molecular formula is C15H20N4O. The van der Waals surface area contributed by atoms with Gasteiger partial charge in [0.1, 0.15) is 12.1 Å². The first-order valence-electron chi connectivity index (χ1n) is 7.52. The van der Waals surface area contributed by atoms with Crippen molar-refractivity contribution in [1.29, 1.82) is 0 Å². The molecule has 0 aromatic carbocycles. The van der Waals surface area contributed by atoms with E-state index in [4.69, 9.17) is 0 Å². The number of aromatic nitrogens is 2. The molecule has 5 heteroatoms. The average molecular weight is 272 g/mol. The lowest BCUT2D eigenvalue weighted by Gasteiger charge is -2.23. The minimum Gasteiger partial charge on any atom is -0.356 e. The second-order valence-electron chi connectivity index (χ2n) is 6.47. The molecule has 1 amide bonds. The van der Waals surface area contributed by atoms with Gasteiger partial charge in [-0.25, -0.2) is 9.97 Å². The number of amides is 1. The van der Waals surface area contributed by atoms with Crippen LogP contribution in [0.2, 0.25) is 0 Å². The van der Waals surface area contributed by atoms with Gasteiger partial charge in [0, 0.05) is 55.7 Å². The molecule has 106 valence electrons. The van der Waals surface area contributed by atoms with Gasteiger partial charge >= 0.3 is 0 Å². The Morgan fingerprint density at radius 1 is 1.20 bits per heavy atom. The average Bonchev–Trinajstić information content (AvgIpc) is 3.10. The van der Waals surface area contributed by atoms with Crippen LogP contribution in [-0.4, -0.2) is 47.0 Å². The van der Waals surface area contributed by atoms with E-state index in [9.17, 15) is 4.79 Å². The molecule has 0 radical (unpaired) electrons. The van der Waals surface area contributed by atoms with Gasteiger partial charge in [0.05, 0.1) is 0 Å². The largest absolute Gasteiger partial charge is 0.356 e. The summed E-state index contributed by atoms with van der Waals surface area (Å²) >= 11 is 0. The van der Waals surface area contributed by atoms with Crippen LogP contribution in [0.15, 0.2) is 12.5 Å². The summed E-state index contributed by atoms with van der Waals surface area (Å²) in [6.45, 7) is 6.00. The Balaban J connectivity index is 1.44. The predicted molar refractivity (Wildman–Crippen MR) is 75.3 cm³/mol. The molecule has 0 spiro atoms. The van der Waals surface area contributed by atoms with Gasteiger partial charge in [0.2, 0.25) is 5.91 Å². The monoisotopic (exact) mass is 272 g/mol. The summed E-state index contributed by atoms with van der Waals surface area (Å²) in [6.07, 6.45) is 5.71. The quantitative estimate of drug-likeness (QED) is 0.808. The maximum atomic E-state index is 12.1. The van der Waals surface area contributed by atoms with E-state index < -0.39 is 0 Å². The van der Waals surface area contributed by atoms with Crippen molar-refractivity contribution in [3.63, 3.8) is 0 Å². The minimum atomic E-state index is 0.356. The summed E-state index contributed by atoms with van der Waals surface area (Å²) in [5.41, 5.74) is 1.14. The van der Waals surface area contributed by atoms with Gasteiger partial charge in [-0.2, -0.15) is 0 Å². The standard InChI is InChI=1S/C15H20N4O/c1-10-4-16-9-17-14(10)18-5-12-7-19(8-13(12)6-18)15(20)11-2-3-11/h4,9,11-13H,2-3,5-8H2,1H3. The molecule has 3 aliphatic rings. The Labute approximate surface area is 119 Å². The van der Waals surface area contributed by atoms with E-state index in [1.54, 1.807) is 6.33 Å². The highest BCUT2D eigenvalue weighted by Crippen LogP contribution is 2.37. The third kappa shape index (κ3) is 1.96. The zero-order chi connectivity index (χ0) is 13.7. The zero-order valence-electron chi connectivity index (χ0n) is 11.8. The molecule has 1 aromatic rings. The van der Waals surface area contributed by atoms with E-state index in [1.807, 2.05) is 6.20 Å². The number of anilines is 1. The Bertz CT molecular complexity index is 528. The minimum absolute atomic E-state index is 0.356. The molecule has 2 aliphatic heterocycles. The van der Waals surface area contributed by atoms with Gasteiger partial charge in [-0.1, -0.05) is 0 Å². The van der Waals surface area contributed by atoms with Gasteiger partial charge in [-0.15, -0.1) is 0 Å². The number of hydrogen-bond donors (Lipinski definition) is 0. The number of carbonyl (C=O) groups is 1. The molecule has 1 aromatic heterocycles. The van der Waals surface area contributed by atoms with Crippen LogP contribution in [0, 0.1) is 24.7 Å². The van der Waals surface area contributed by atoms with E-state index in [0.717, 1.165) is 50.4 Å². The van der Waals surface area contributed by atoms with Crippen molar-refractivity contribution < 1.29 is 4.79 Å². The molecule has 1 aliphatic carbocycles. The fourth-order valence-electron chi connectivity index (χ4n) is 3.66. The molecule has 0 bridgehead atoms. The van der Waals surface area contributed by atoms with Crippen LogP contribution in [0.1, 0.15) is 18.4 Å². The van der Waals surface area contributed by atoms with Crippen molar-refractivity contribution in [2.24, 2.45) is 17.8 Å². The summed E-state index contributed by atoms with van der Waals surface area (Å²) in [4.78, 5) is 25.1. The smallest absolute Gasteiger partial charge is 0.225 e. The van der Waals surface area contributed by atoms with E-state index in [-0.39, 0.29) is 0 Å². The highest BCUT2D eigenvalue weighted by Gasteiger charge is 2.44. The van der Waals surface area contributed by atoms with Gasteiger partial charge in [-0.3, -0.25) is 4.79 Å². The lowest BCUT2D eigenvalue weighted by Crippen LogP contribution is -2.34. The first kappa shape index (κ1) is 12.1. The second-order valence-corrected chi connectivity index (χ2v) is 6.47. The third-order valence-electron chi connectivity index (χ3n) is 4.89. The van der Waals surface area contributed by atoms with E-state index >= 15 is 0 Å². The number of likely N-dealkylation sites (tertiary alicyclic amines) is 1. The highest BCUT2D eigenvalue weighted by atomic mass is 16.2. The number of rotatable bonds is 2. The molecule has 3 fully saturated rings. The van der Waals surface area contributed by atoms with Crippen LogP contribution >= 0.6 is 0 Å². The van der Waals surface area contributed by atoms with Crippen molar-refractivity contribution >= 4 is 11.7 Å². The van der Waals surface area contributed by atoms with Crippen LogP contribution in [0.25, 0.3) is 0 Å². The predicted octanol–water partition coefficient (Wildman–Crippen LogP) is 1.09. The van der Waals surface area contributed by atoms with E-state index in [0.29, 0.717) is 23.7 Å². The molecule has 5 nitrogen and oxygen atoms in total. The summed E-state index contributed by atoms with van der Waals surface area (Å²) < 4.78 is 0. The van der Waals surface area contributed by atoms with Crippen molar-refractivity contribution in [1.82, 2.24) is 14.9 Å². The van der Waals surface area contributed by atoms with Gasteiger partial charge in [0.15, 0.2) is 0 Å². The Hall–Kier alpha value is -1.65. The van der Waals surface area contributed by atoms with Crippen molar-refractivity contribution in [2.75, 3.05) is 31.1 Å². The van der Waals surface area contributed by atoms with E-state index in [1.165, 1.54) is 0 Å². The van der Waals surface area contributed by atoms with Gasteiger partial charge in [-0.05, 0) is 19.8 Å². The summed E-state index contributed by atoms with van der Waals surface area (Å²) in [7, 11) is 0. The fraction of sp³-hybridized carbons (Fsp3) is 0.667. The molecular weight excluding hydrogens is 252 g/mol. The first-order chi connectivity index (χ1) is 9.72. The van der Waals surface area contributed by atoms with Crippen LogP contribution in [0.5, 0.6) is 0 Å². The third-order valence-corrected chi connectivity index (χ3v) is 4.89. The van der Waals surface area contributed by atoms with Crippen LogP contribution in [0.4, 0.5) is 5.82 Å². The highest BCUT2D eigenvalue weighted by molar-refractivity contribution is 5.81. The van der Waals surface area contributed by atoms with Crippen LogP contribution in [0.3, 0.4) is 0 Å². The SMILES string of the molecule is Cc1cncnc1N1CC2CN(C(=O)C3CC3)CC2C1. The summed E-state index contributed by atoms with van der Waals surface area (Å²) in [5, 5.41) is 0. The molecule has 4 rings (SSSR count). The second kappa shape index (κ2) is 4.43. The van der Waals surface area contributed by atoms with Gasteiger partial charge < -0.3 is 9.80 Å². The van der Waals surface area contributed by atoms with Crippen molar-refractivity contribution in [3.8, 4) is 0 Å². The number of carbonyl (C=O) groups excluding carboxylic acids is 1. The first-order valence-corrected chi connectivity index (χ1v) is 7.52. The summed E-state index contributed by atoms with van der Waals surface area (Å²) in [5.74, 6) is 3.06. The molecule has 20 heavy (non-hydrogen) atoms. The number of fused-ring (bicyclic) bond motifs is 1. The molecule has 2 atom stereocenters. The van der Waals surface area contributed by atoms with Crippen molar-refractivity contribution in [2.45, 2.75) is 19.8 Å². The number of nitrogens with zero attached hydrogens (tertiary/aromatic N) is 4. The molecule has 0 N–H and O–H groups in total. The normalized spacial score (nSPS) is 28.9. The van der Waals surface area contributed by atoms with Crippen LogP contribution < -0.4 is 4.90 Å². The fourth-order valence-corrected chi connectivity index (χ4v) is 3.66. The maximum absolute atomic E-state index is 12.1. The molecule has 2 unspecified atom stereocenters. The molecule has 1 saturated carbocycles. The zero-order valence-corrected chi connectivity index (χ0v) is 11.8. The van der Waals surface area contributed by atoms with Crippen LogP contribution in [-0.2, 0) is 4.79 Å². The number of aryl methyl sites for hydroxylation is 1. The van der Waals surface area contributed by atoms with E-state index in [2.05, 4.69) is 26.7 Å². The summed E-state index contributed by atoms with van der Waals surface area (Å²) in [6, 6.07) is 0. The molecule has 3 heterocycles. The van der Waals surface area contributed by atoms with Gasteiger partial charge in [0.25, 0.3) is 0 Å². The van der Waals surface area contributed by atoms with Crippen molar-refractivity contribution in [3.05, 3.63) is 18.1 Å².